The van der Waals surface area contributed by atoms with Gasteiger partial charge in [0.05, 0.1) is 5.02 Å². The number of halogens is 1. The van der Waals surface area contributed by atoms with Crippen molar-refractivity contribution in [1.82, 2.24) is 9.97 Å². The van der Waals surface area contributed by atoms with Gasteiger partial charge in [-0.25, -0.2) is 9.97 Å². The minimum Gasteiger partial charge on any atom is -0.306 e. The molecule has 0 saturated carbocycles. The quantitative estimate of drug-likeness (QED) is 0.596. The van der Waals surface area contributed by atoms with Crippen molar-refractivity contribution in [3.05, 3.63) is 23.2 Å². The average Bonchev–Trinajstić information content (AvgIpc) is 1.89. The van der Waals surface area contributed by atoms with E-state index in [1.165, 1.54) is 12.5 Å². The van der Waals surface area contributed by atoms with Crippen molar-refractivity contribution in [2.45, 2.75) is 0 Å². The van der Waals surface area contributed by atoms with Crippen molar-refractivity contribution < 1.29 is 0 Å². The van der Waals surface area contributed by atoms with E-state index in [1.54, 1.807) is 0 Å². The Morgan fingerprint density at radius 1 is 1.67 bits per heavy atom. The topological polar surface area (TPSA) is 49.6 Å². The Morgan fingerprint density at radius 2 is 2.44 bits per heavy atom. The summed E-state index contributed by atoms with van der Waals surface area (Å²) in [5.74, 6) is 0. The zero-order valence-corrected chi connectivity index (χ0v) is 5.26. The molecule has 0 saturated heterocycles. The van der Waals surface area contributed by atoms with Gasteiger partial charge in [0, 0.05) is 12.4 Å². The molecule has 0 aromatic carbocycles. The van der Waals surface area contributed by atoms with Crippen LogP contribution in [0.15, 0.2) is 12.5 Å². The maximum absolute atomic E-state index is 6.78. The number of hydrogen-bond acceptors (Lipinski definition) is 3. The van der Waals surface area contributed by atoms with Gasteiger partial charge in [0.2, 0.25) is 0 Å². The molecule has 0 atom stereocenters. The Balaban J connectivity index is 3.15. The number of rotatable bonds is 1. The van der Waals surface area contributed by atoms with Crippen LogP contribution in [0, 0.1) is 5.41 Å². The van der Waals surface area contributed by atoms with E-state index in [9.17, 15) is 0 Å². The zero-order chi connectivity index (χ0) is 6.69. The van der Waals surface area contributed by atoms with Gasteiger partial charge in [-0.2, -0.15) is 0 Å². The van der Waals surface area contributed by atoms with E-state index >= 15 is 0 Å². The Labute approximate surface area is 57.2 Å². The highest BCUT2D eigenvalue weighted by molar-refractivity contribution is 6.32. The highest BCUT2D eigenvalue weighted by Gasteiger charge is 1.93. The molecule has 0 bridgehead atoms. The highest BCUT2D eigenvalue weighted by Crippen LogP contribution is 2.06. The van der Waals surface area contributed by atoms with E-state index in [4.69, 9.17) is 17.0 Å². The average molecular weight is 142 g/mol. The van der Waals surface area contributed by atoms with Gasteiger partial charge in [0.15, 0.2) is 0 Å². The first-order valence-electron chi connectivity index (χ1n) is 2.30. The van der Waals surface area contributed by atoms with Gasteiger partial charge in [-0.05, 0) is 0 Å². The number of nitrogens with zero attached hydrogens (tertiary/aromatic N) is 2. The summed E-state index contributed by atoms with van der Waals surface area (Å²) in [6.45, 7) is 0. The Hall–Kier alpha value is -0.960. The van der Waals surface area contributed by atoms with Crippen molar-refractivity contribution in [3.8, 4) is 0 Å². The summed E-state index contributed by atoms with van der Waals surface area (Å²) in [6.07, 6.45) is 3.89. The summed E-state index contributed by atoms with van der Waals surface area (Å²) in [5.41, 5.74) is 0.451. The molecule has 1 heterocycles. The number of aromatic nitrogens is 2. The van der Waals surface area contributed by atoms with Crippen LogP contribution in [0.1, 0.15) is 5.69 Å². The van der Waals surface area contributed by atoms with Crippen LogP contribution in [0.3, 0.4) is 0 Å². The molecule has 9 heavy (non-hydrogen) atoms. The molecule has 0 fully saturated rings. The van der Waals surface area contributed by atoms with E-state index in [0.717, 1.165) is 6.21 Å². The standard InChI is InChI=1S/C5H4ClN3/c6-4-2-8-3-9-5(4)1-7/h1-3,7H. The fraction of sp³-hybridized carbons (Fsp3) is 0. The second kappa shape index (κ2) is 2.55. The lowest BCUT2D eigenvalue weighted by molar-refractivity contribution is 1.15. The summed E-state index contributed by atoms with van der Waals surface area (Å²) < 4.78 is 0. The van der Waals surface area contributed by atoms with E-state index in [2.05, 4.69) is 9.97 Å². The molecular weight excluding hydrogens is 138 g/mol. The van der Waals surface area contributed by atoms with Gasteiger partial charge >= 0.3 is 0 Å². The van der Waals surface area contributed by atoms with Gasteiger partial charge in [0.25, 0.3) is 0 Å². The lowest BCUT2D eigenvalue weighted by atomic mass is 10.4. The van der Waals surface area contributed by atoms with Crippen molar-refractivity contribution in [3.63, 3.8) is 0 Å². The molecule has 4 heteroatoms. The molecule has 0 aliphatic heterocycles. The molecule has 1 N–H and O–H groups in total. The van der Waals surface area contributed by atoms with Gasteiger partial charge in [0.1, 0.15) is 12.0 Å². The molecule has 0 radical (unpaired) electrons. The van der Waals surface area contributed by atoms with Crippen LogP contribution in [0.2, 0.25) is 5.02 Å². The van der Waals surface area contributed by atoms with Crippen molar-refractivity contribution in [2.75, 3.05) is 0 Å². The Morgan fingerprint density at radius 3 is 2.89 bits per heavy atom. The molecule has 0 aliphatic rings. The SMILES string of the molecule is N=Cc1ncncc1Cl. The maximum atomic E-state index is 6.78. The predicted molar refractivity (Wildman–Crippen MR) is 34.9 cm³/mol. The highest BCUT2D eigenvalue weighted by atomic mass is 35.5. The fourth-order valence-electron chi connectivity index (χ4n) is 0.428. The molecule has 3 nitrogen and oxygen atoms in total. The Bertz CT molecular complexity index is 223. The summed E-state index contributed by atoms with van der Waals surface area (Å²) in [5, 5.41) is 7.19. The third-order valence-electron chi connectivity index (χ3n) is 0.833. The third kappa shape index (κ3) is 1.23. The maximum Gasteiger partial charge on any atom is 0.116 e. The second-order valence-electron chi connectivity index (χ2n) is 1.40. The van der Waals surface area contributed by atoms with Crippen LogP contribution in [0.4, 0.5) is 0 Å². The summed E-state index contributed by atoms with van der Waals surface area (Å²) in [4.78, 5) is 7.36. The zero-order valence-electron chi connectivity index (χ0n) is 4.50. The van der Waals surface area contributed by atoms with E-state index in [1.807, 2.05) is 0 Å². The molecule has 46 valence electrons. The smallest absolute Gasteiger partial charge is 0.116 e. The Kier molecular flexibility index (Phi) is 1.75. The van der Waals surface area contributed by atoms with E-state index < -0.39 is 0 Å². The summed E-state index contributed by atoms with van der Waals surface area (Å²) >= 11 is 5.55. The van der Waals surface area contributed by atoms with Crippen LogP contribution in [-0.2, 0) is 0 Å². The summed E-state index contributed by atoms with van der Waals surface area (Å²) in [7, 11) is 0. The van der Waals surface area contributed by atoms with Gasteiger partial charge in [-0.3, -0.25) is 0 Å². The first kappa shape index (κ1) is 6.16. The normalized spacial score (nSPS) is 9.00. The first-order chi connectivity index (χ1) is 4.34. The van der Waals surface area contributed by atoms with Crippen LogP contribution < -0.4 is 0 Å². The summed E-state index contributed by atoms with van der Waals surface area (Å²) in [6, 6.07) is 0. The predicted octanol–water partition coefficient (Wildman–Crippen LogP) is 1.13. The van der Waals surface area contributed by atoms with Gasteiger partial charge in [-0.15, -0.1) is 0 Å². The van der Waals surface area contributed by atoms with Gasteiger partial charge in [-0.1, -0.05) is 11.6 Å². The van der Waals surface area contributed by atoms with E-state index in [-0.39, 0.29) is 0 Å². The molecular formula is C5H4ClN3. The first-order valence-corrected chi connectivity index (χ1v) is 2.68. The van der Waals surface area contributed by atoms with Crippen LogP contribution >= 0.6 is 11.6 Å². The number of nitrogens with one attached hydrogen (secondary N) is 1. The monoisotopic (exact) mass is 141 g/mol. The van der Waals surface area contributed by atoms with Crippen molar-refractivity contribution in [1.29, 1.82) is 5.41 Å². The molecule has 0 spiro atoms. The molecule has 1 aromatic rings. The van der Waals surface area contributed by atoms with Crippen molar-refractivity contribution >= 4 is 17.8 Å². The minimum absolute atomic E-state index is 0.410. The third-order valence-corrected chi connectivity index (χ3v) is 1.12. The second-order valence-corrected chi connectivity index (χ2v) is 1.81. The minimum atomic E-state index is 0.410. The fourth-order valence-corrected chi connectivity index (χ4v) is 0.588. The molecule has 1 aromatic heterocycles. The largest absolute Gasteiger partial charge is 0.306 e. The van der Waals surface area contributed by atoms with E-state index in [0.29, 0.717) is 10.7 Å². The molecule has 0 amide bonds. The van der Waals surface area contributed by atoms with Crippen LogP contribution in [0.25, 0.3) is 0 Å². The van der Waals surface area contributed by atoms with Crippen molar-refractivity contribution in [2.24, 2.45) is 0 Å². The lowest BCUT2D eigenvalue weighted by Crippen LogP contribution is -1.87. The van der Waals surface area contributed by atoms with Crippen LogP contribution in [0.5, 0.6) is 0 Å². The number of hydrogen-bond donors (Lipinski definition) is 1. The molecule has 1 rings (SSSR count). The lowest BCUT2D eigenvalue weighted by Gasteiger charge is -1.89. The van der Waals surface area contributed by atoms with Gasteiger partial charge < -0.3 is 5.41 Å². The van der Waals surface area contributed by atoms with Crippen LogP contribution in [-0.4, -0.2) is 16.2 Å². The molecule has 0 unspecified atom stereocenters. The molecule has 0 aliphatic carbocycles.